The Balaban J connectivity index is 1.21. The topological polar surface area (TPSA) is 97.6 Å². The van der Waals surface area contributed by atoms with Gasteiger partial charge in [-0.1, -0.05) is 6.42 Å². The number of hydrogen-bond acceptors (Lipinski definition) is 6. The smallest absolute Gasteiger partial charge is 0.243 e. The van der Waals surface area contributed by atoms with Gasteiger partial charge in [-0.25, -0.2) is 13.4 Å². The third-order valence-corrected chi connectivity index (χ3v) is 10.1. The van der Waals surface area contributed by atoms with Gasteiger partial charge >= 0.3 is 0 Å². The standard InChI is InChI=1S/C29H37N5O4S/c1-21-17-25(38-3)18-22(2)29(21)39(36,37)34-14-5-4-7-24(34)8-6-9-28(35)33-16-15-32-19-26(31-27(32)20-33)23-10-12-30-13-11-23/h10-13,17-19,24H,4-9,14-16,20H2,1-3H3. The lowest BCUT2D eigenvalue weighted by Crippen LogP contribution is -2.44. The molecule has 1 aromatic carbocycles. The summed E-state index contributed by atoms with van der Waals surface area (Å²) in [5.74, 6) is 1.64. The lowest BCUT2D eigenvalue weighted by molar-refractivity contribution is -0.132. The molecule has 208 valence electrons. The van der Waals surface area contributed by atoms with E-state index in [1.807, 2.05) is 37.1 Å². The van der Waals surface area contributed by atoms with E-state index in [1.165, 1.54) is 0 Å². The first-order valence-electron chi connectivity index (χ1n) is 13.7. The number of benzene rings is 1. The van der Waals surface area contributed by atoms with Gasteiger partial charge in [0.2, 0.25) is 15.9 Å². The molecule has 0 spiro atoms. The summed E-state index contributed by atoms with van der Waals surface area (Å²) in [6, 6.07) is 7.33. The van der Waals surface area contributed by atoms with Crippen LogP contribution in [0, 0.1) is 13.8 Å². The highest BCUT2D eigenvalue weighted by molar-refractivity contribution is 7.89. The van der Waals surface area contributed by atoms with Crippen LogP contribution in [0.4, 0.5) is 0 Å². The van der Waals surface area contributed by atoms with Crippen LogP contribution in [0.1, 0.15) is 55.5 Å². The van der Waals surface area contributed by atoms with E-state index in [-0.39, 0.29) is 11.9 Å². The normalized spacial score (nSPS) is 18.1. The van der Waals surface area contributed by atoms with Crippen molar-refractivity contribution >= 4 is 15.9 Å². The Bertz CT molecular complexity index is 1410. The summed E-state index contributed by atoms with van der Waals surface area (Å²) < 4.78 is 36.7. The van der Waals surface area contributed by atoms with Crippen molar-refractivity contribution in [3.63, 3.8) is 0 Å². The molecule has 0 saturated carbocycles. The maximum Gasteiger partial charge on any atom is 0.243 e. The average molecular weight is 552 g/mol. The van der Waals surface area contributed by atoms with Crippen molar-refractivity contribution in [2.24, 2.45) is 0 Å². The zero-order chi connectivity index (χ0) is 27.6. The van der Waals surface area contributed by atoms with Crippen LogP contribution in [0.3, 0.4) is 0 Å². The van der Waals surface area contributed by atoms with Crippen LogP contribution in [0.15, 0.2) is 47.8 Å². The number of rotatable bonds is 8. The van der Waals surface area contributed by atoms with Crippen molar-refractivity contribution in [2.75, 3.05) is 20.2 Å². The molecule has 1 saturated heterocycles. The van der Waals surface area contributed by atoms with E-state index in [9.17, 15) is 13.2 Å². The molecule has 5 rings (SSSR count). The Morgan fingerprint density at radius 2 is 1.82 bits per heavy atom. The molecule has 1 atom stereocenters. The van der Waals surface area contributed by atoms with Gasteiger partial charge in [0.05, 0.1) is 24.2 Å². The molecule has 0 N–H and O–H groups in total. The zero-order valence-corrected chi connectivity index (χ0v) is 23.8. The molecule has 4 heterocycles. The van der Waals surface area contributed by atoms with E-state index >= 15 is 0 Å². The van der Waals surface area contributed by atoms with Crippen molar-refractivity contribution in [2.45, 2.75) is 76.4 Å². The highest BCUT2D eigenvalue weighted by Crippen LogP contribution is 2.33. The van der Waals surface area contributed by atoms with Gasteiger partial charge in [-0.15, -0.1) is 0 Å². The fraction of sp³-hybridized carbons (Fsp3) is 0.483. The summed E-state index contributed by atoms with van der Waals surface area (Å²) in [5, 5.41) is 0. The lowest BCUT2D eigenvalue weighted by atomic mass is 9.99. The van der Waals surface area contributed by atoms with Crippen LogP contribution in [0.5, 0.6) is 5.75 Å². The number of piperidine rings is 1. The number of methoxy groups -OCH3 is 1. The van der Waals surface area contributed by atoms with E-state index in [2.05, 4.69) is 9.55 Å². The second kappa shape index (κ2) is 11.5. The summed E-state index contributed by atoms with van der Waals surface area (Å²) in [6.45, 7) is 6.02. The van der Waals surface area contributed by atoms with Crippen molar-refractivity contribution in [1.82, 2.24) is 23.7 Å². The number of pyridine rings is 1. The number of amides is 1. The summed E-state index contributed by atoms with van der Waals surface area (Å²) in [4.78, 5) is 24.2. The fourth-order valence-corrected chi connectivity index (χ4v) is 8.04. The van der Waals surface area contributed by atoms with Crippen LogP contribution in [0.2, 0.25) is 0 Å². The van der Waals surface area contributed by atoms with Gasteiger partial charge in [0.25, 0.3) is 0 Å². The number of imidazole rings is 1. The lowest BCUT2D eigenvalue weighted by Gasteiger charge is -2.35. The number of aryl methyl sites for hydroxylation is 2. The number of nitrogens with zero attached hydrogens (tertiary/aromatic N) is 5. The van der Waals surface area contributed by atoms with Crippen LogP contribution in [-0.4, -0.2) is 64.3 Å². The van der Waals surface area contributed by atoms with Crippen LogP contribution < -0.4 is 4.74 Å². The zero-order valence-electron chi connectivity index (χ0n) is 23.0. The quantitative estimate of drug-likeness (QED) is 0.414. The number of sulfonamides is 1. The first kappa shape index (κ1) is 27.3. The van der Waals surface area contributed by atoms with Crippen molar-refractivity contribution < 1.29 is 17.9 Å². The Labute approximate surface area is 230 Å². The Kier molecular flexibility index (Phi) is 8.04. The predicted molar refractivity (Wildman–Crippen MR) is 149 cm³/mol. The van der Waals surface area contributed by atoms with Gasteiger partial charge < -0.3 is 14.2 Å². The molecular weight excluding hydrogens is 514 g/mol. The van der Waals surface area contributed by atoms with E-state index in [0.717, 1.165) is 36.3 Å². The molecule has 39 heavy (non-hydrogen) atoms. The Morgan fingerprint density at radius 3 is 2.54 bits per heavy atom. The van der Waals surface area contributed by atoms with Gasteiger partial charge in [0.1, 0.15) is 11.6 Å². The molecule has 1 fully saturated rings. The number of hydrogen-bond donors (Lipinski definition) is 0. The first-order chi connectivity index (χ1) is 18.8. The third kappa shape index (κ3) is 5.72. The minimum absolute atomic E-state index is 0.0966. The predicted octanol–water partition coefficient (Wildman–Crippen LogP) is 4.33. The minimum atomic E-state index is -3.66. The molecule has 1 unspecified atom stereocenters. The van der Waals surface area contributed by atoms with E-state index in [0.29, 0.717) is 67.2 Å². The van der Waals surface area contributed by atoms with Gasteiger partial charge in [0.15, 0.2) is 0 Å². The van der Waals surface area contributed by atoms with Gasteiger partial charge in [-0.3, -0.25) is 9.78 Å². The molecule has 0 aliphatic carbocycles. The van der Waals surface area contributed by atoms with Crippen molar-refractivity contribution in [3.8, 4) is 17.0 Å². The molecule has 2 aliphatic rings. The largest absolute Gasteiger partial charge is 0.497 e. The second-order valence-electron chi connectivity index (χ2n) is 10.5. The van der Waals surface area contributed by atoms with Gasteiger partial charge in [-0.05, 0) is 74.9 Å². The molecular formula is C29H37N5O4S. The maximum atomic E-state index is 13.8. The average Bonchev–Trinajstić information content (AvgIpc) is 3.37. The van der Waals surface area contributed by atoms with E-state index in [4.69, 9.17) is 9.72 Å². The molecule has 2 aliphatic heterocycles. The number of carbonyl (C=O) groups excluding carboxylic acids is 1. The van der Waals surface area contributed by atoms with Crippen molar-refractivity contribution in [1.29, 1.82) is 0 Å². The van der Waals surface area contributed by atoms with Gasteiger partial charge in [-0.2, -0.15) is 4.31 Å². The molecule has 3 aromatic rings. The second-order valence-corrected chi connectivity index (χ2v) is 12.4. The number of ether oxygens (including phenoxy) is 1. The number of fused-ring (bicyclic) bond motifs is 1. The fourth-order valence-electron chi connectivity index (χ4n) is 5.91. The maximum absolute atomic E-state index is 13.8. The Hall–Kier alpha value is -3.24. The summed E-state index contributed by atoms with van der Waals surface area (Å²) >= 11 is 0. The first-order valence-corrected chi connectivity index (χ1v) is 15.1. The molecule has 9 nitrogen and oxygen atoms in total. The van der Waals surface area contributed by atoms with Crippen LogP contribution in [-0.2, 0) is 27.9 Å². The summed E-state index contributed by atoms with van der Waals surface area (Å²) in [6.07, 6.45) is 9.95. The van der Waals surface area contributed by atoms with Crippen LogP contribution >= 0.6 is 0 Å². The summed E-state index contributed by atoms with van der Waals surface area (Å²) in [7, 11) is -2.07. The number of aromatic nitrogens is 3. The molecule has 1 amide bonds. The SMILES string of the molecule is COc1cc(C)c(S(=O)(=O)N2CCCCC2CCCC(=O)N2CCn3cc(-c4ccncc4)nc3C2)c(C)c1. The highest BCUT2D eigenvalue weighted by atomic mass is 32.2. The molecule has 2 aromatic heterocycles. The molecule has 0 radical (unpaired) electrons. The monoisotopic (exact) mass is 551 g/mol. The summed E-state index contributed by atoms with van der Waals surface area (Å²) in [5.41, 5.74) is 3.29. The van der Waals surface area contributed by atoms with E-state index in [1.54, 1.807) is 35.9 Å². The minimum Gasteiger partial charge on any atom is -0.497 e. The van der Waals surface area contributed by atoms with Gasteiger partial charge in [0, 0.05) is 56.3 Å². The van der Waals surface area contributed by atoms with Crippen LogP contribution in [0.25, 0.3) is 11.3 Å². The number of carbonyl (C=O) groups is 1. The van der Waals surface area contributed by atoms with E-state index < -0.39 is 10.0 Å². The molecule has 0 bridgehead atoms. The third-order valence-electron chi connectivity index (χ3n) is 7.87. The molecule has 10 heteroatoms. The Morgan fingerprint density at radius 1 is 1.08 bits per heavy atom. The van der Waals surface area contributed by atoms with Crippen molar-refractivity contribution in [3.05, 3.63) is 59.8 Å². The highest BCUT2D eigenvalue weighted by Gasteiger charge is 2.35.